The number of esters is 1. The first-order valence-electron chi connectivity index (χ1n) is 12.9. The second-order valence-corrected chi connectivity index (χ2v) is 12.9. The molecular formula is C27H55O6P. The van der Waals surface area contributed by atoms with Gasteiger partial charge < -0.3 is 23.7 Å². The smallest absolute Gasteiger partial charge is 0.305 e. The molecule has 0 amide bonds. The van der Waals surface area contributed by atoms with Crippen molar-refractivity contribution in [1.82, 2.24) is 0 Å². The van der Waals surface area contributed by atoms with Crippen molar-refractivity contribution in [1.29, 1.82) is 0 Å². The van der Waals surface area contributed by atoms with E-state index < -0.39 is 0 Å². The molecule has 0 heterocycles. The fourth-order valence-corrected chi connectivity index (χ4v) is 4.42. The second-order valence-electron chi connectivity index (χ2n) is 11.8. The molecule has 0 rings (SSSR count). The van der Waals surface area contributed by atoms with E-state index in [1.807, 2.05) is 13.8 Å². The van der Waals surface area contributed by atoms with E-state index in [9.17, 15) is 4.79 Å². The first kappa shape index (κ1) is 33.7. The van der Waals surface area contributed by atoms with E-state index in [2.05, 4.69) is 62.3 Å². The first-order valence-corrected chi connectivity index (χ1v) is 14.3. The molecule has 0 N–H and O–H groups in total. The lowest BCUT2D eigenvalue weighted by Crippen LogP contribution is -2.48. The molecule has 0 aliphatic heterocycles. The van der Waals surface area contributed by atoms with Gasteiger partial charge in [0, 0.05) is 6.42 Å². The van der Waals surface area contributed by atoms with Gasteiger partial charge in [-0.25, -0.2) is 0 Å². The van der Waals surface area contributed by atoms with Gasteiger partial charge in [0.05, 0.1) is 49.1 Å². The van der Waals surface area contributed by atoms with Crippen LogP contribution in [0, 0.1) is 11.3 Å². The largest absolute Gasteiger partial charge is 0.463 e. The second kappa shape index (κ2) is 15.1. The third-order valence-electron chi connectivity index (χ3n) is 6.87. The summed E-state index contributed by atoms with van der Waals surface area (Å²) in [5.41, 5.74) is -0.941. The van der Waals surface area contributed by atoms with E-state index in [1.165, 1.54) is 0 Å². The van der Waals surface area contributed by atoms with Gasteiger partial charge in [-0.15, -0.1) is 0 Å². The zero-order valence-corrected chi connectivity index (χ0v) is 25.3. The summed E-state index contributed by atoms with van der Waals surface area (Å²) >= 11 is 0. The van der Waals surface area contributed by atoms with E-state index in [-0.39, 0.29) is 40.9 Å². The highest BCUT2D eigenvalue weighted by atomic mass is 31.1. The molecule has 0 bridgehead atoms. The summed E-state index contributed by atoms with van der Waals surface area (Å²) in [5, 5.41) is 0. The van der Waals surface area contributed by atoms with Gasteiger partial charge in [-0.2, -0.15) is 0 Å². The summed E-state index contributed by atoms with van der Waals surface area (Å²) in [6, 6.07) is 0. The summed E-state index contributed by atoms with van der Waals surface area (Å²) in [7, 11) is 0.739. The summed E-state index contributed by atoms with van der Waals surface area (Å²) in [4.78, 5) is 11.2. The Kier molecular flexibility index (Phi) is 15.0. The Morgan fingerprint density at radius 1 is 0.824 bits per heavy atom. The maximum absolute atomic E-state index is 11.2. The maximum atomic E-state index is 11.2. The topological polar surface area (TPSA) is 63.2 Å². The average Bonchev–Trinajstić information content (AvgIpc) is 2.71. The Labute approximate surface area is 212 Å². The van der Waals surface area contributed by atoms with Crippen LogP contribution in [0.25, 0.3) is 0 Å². The lowest BCUT2D eigenvalue weighted by atomic mass is 9.68. The standard InChI is InChI=1S/C27H55O6P/c1-13-23(28)29-16-17-31-24(5,6)14-15-32-27(11,12)26(9,10)22(4)18-33-25(7,8)19-34-20-30-21(2)3/h21-22,34H,13-20H2,1-12H3. The van der Waals surface area contributed by atoms with E-state index in [1.54, 1.807) is 6.92 Å². The fourth-order valence-electron chi connectivity index (χ4n) is 3.17. The molecular weight excluding hydrogens is 451 g/mol. The van der Waals surface area contributed by atoms with E-state index >= 15 is 0 Å². The van der Waals surface area contributed by atoms with Gasteiger partial charge in [-0.1, -0.05) is 36.3 Å². The molecule has 204 valence electrons. The van der Waals surface area contributed by atoms with Crippen molar-refractivity contribution in [2.24, 2.45) is 11.3 Å². The summed E-state index contributed by atoms with van der Waals surface area (Å²) in [6.07, 6.45) is 3.22. The maximum Gasteiger partial charge on any atom is 0.305 e. The number of carbonyl (C=O) groups is 1. The minimum absolute atomic E-state index is 0.0918. The summed E-state index contributed by atoms with van der Waals surface area (Å²) in [5.74, 6) is 0.116. The molecule has 0 aliphatic carbocycles. The summed E-state index contributed by atoms with van der Waals surface area (Å²) in [6.45, 7) is 27.4. The third-order valence-corrected chi connectivity index (χ3v) is 8.34. The van der Waals surface area contributed by atoms with Crippen LogP contribution in [0.5, 0.6) is 0 Å². The lowest BCUT2D eigenvalue weighted by Gasteiger charge is -2.46. The lowest BCUT2D eigenvalue weighted by molar-refractivity contribution is -0.153. The van der Waals surface area contributed by atoms with Crippen molar-refractivity contribution in [3.05, 3.63) is 0 Å². The Balaban J connectivity index is 4.56. The Bertz CT molecular complexity index is 571. The molecule has 6 nitrogen and oxygen atoms in total. The zero-order valence-electron chi connectivity index (χ0n) is 24.3. The number of hydrogen-bond donors (Lipinski definition) is 0. The summed E-state index contributed by atoms with van der Waals surface area (Å²) < 4.78 is 29.4. The molecule has 0 saturated carbocycles. The van der Waals surface area contributed by atoms with Gasteiger partial charge in [0.15, 0.2) is 0 Å². The highest BCUT2D eigenvalue weighted by Gasteiger charge is 2.43. The zero-order chi connectivity index (χ0) is 26.6. The molecule has 34 heavy (non-hydrogen) atoms. The van der Waals surface area contributed by atoms with E-state index in [0.717, 1.165) is 27.5 Å². The Hall–Kier alpha value is -0.260. The Morgan fingerprint density at radius 2 is 1.44 bits per heavy atom. The molecule has 0 fully saturated rings. The first-order chi connectivity index (χ1) is 15.5. The highest BCUT2D eigenvalue weighted by molar-refractivity contribution is 7.37. The predicted molar refractivity (Wildman–Crippen MR) is 143 cm³/mol. The van der Waals surface area contributed by atoms with Crippen LogP contribution in [-0.2, 0) is 28.5 Å². The average molecular weight is 507 g/mol. The molecule has 0 aromatic carbocycles. The molecule has 0 radical (unpaired) electrons. The fraction of sp³-hybridized carbons (Fsp3) is 0.963. The molecule has 2 unspecified atom stereocenters. The molecule has 2 atom stereocenters. The monoisotopic (exact) mass is 506 g/mol. The Morgan fingerprint density at radius 3 is 2.00 bits per heavy atom. The number of carbonyl (C=O) groups excluding carboxylic acids is 1. The van der Waals surface area contributed by atoms with Crippen molar-refractivity contribution < 1.29 is 28.5 Å². The molecule has 0 spiro atoms. The molecule has 7 heteroatoms. The van der Waals surface area contributed by atoms with Crippen LogP contribution in [0.4, 0.5) is 0 Å². The van der Waals surface area contributed by atoms with Crippen LogP contribution < -0.4 is 0 Å². The highest BCUT2D eigenvalue weighted by Crippen LogP contribution is 2.41. The van der Waals surface area contributed by atoms with Gasteiger partial charge in [0.1, 0.15) is 6.61 Å². The predicted octanol–water partition coefficient (Wildman–Crippen LogP) is 6.44. The van der Waals surface area contributed by atoms with Crippen molar-refractivity contribution in [3.63, 3.8) is 0 Å². The molecule has 0 aliphatic rings. The van der Waals surface area contributed by atoms with Crippen LogP contribution in [0.3, 0.4) is 0 Å². The minimum atomic E-state index is -0.350. The van der Waals surface area contributed by atoms with Crippen molar-refractivity contribution in [2.75, 3.05) is 38.9 Å². The third kappa shape index (κ3) is 13.7. The number of rotatable bonds is 19. The minimum Gasteiger partial charge on any atom is -0.463 e. The van der Waals surface area contributed by atoms with Crippen LogP contribution in [0.1, 0.15) is 95.9 Å². The van der Waals surface area contributed by atoms with Crippen LogP contribution in [-0.4, -0.2) is 67.8 Å². The van der Waals surface area contributed by atoms with Gasteiger partial charge >= 0.3 is 5.97 Å². The van der Waals surface area contributed by atoms with Gasteiger partial charge in [-0.05, 0) is 79.3 Å². The van der Waals surface area contributed by atoms with Crippen molar-refractivity contribution >= 4 is 14.6 Å². The van der Waals surface area contributed by atoms with Crippen molar-refractivity contribution in [3.8, 4) is 0 Å². The van der Waals surface area contributed by atoms with Gasteiger partial charge in [0.2, 0.25) is 0 Å². The molecule has 0 saturated heterocycles. The normalized spacial score (nSPS) is 14.9. The SMILES string of the molecule is CCC(=O)OCCOC(C)(C)CCOC(C)(C)C(C)(C)C(C)COC(C)(C)CPCOC(C)C. The van der Waals surface area contributed by atoms with Gasteiger partial charge in [0.25, 0.3) is 0 Å². The molecule has 0 aromatic heterocycles. The molecule has 0 aromatic rings. The van der Waals surface area contributed by atoms with Gasteiger partial charge in [-0.3, -0.25) is 4.79 Å². The van der Waals surface area contributed by atoms with Crippen molar-refractivity contribution in [2.45, 2.75) is 119 Å². The number of ether oxygens (including phenoxy) is 5. The van der Waals surface area contributed by atoms with Crippen LogP contribution >= 0.6 is 8.58 Å². The van der Waals surface area contributed by atoms with E-state index in [0.29, 0.717) is 32.2 Å². The van der Waals surface area contributed by atoms with Crippen LogP contribution in [0.15, 0.2) is 0 Å². The van der Waals surface area contributed by atoms with Crippen LogP contribution in [0.2, 0.25) is 0 Å². The number of hydrogen-bond acceptors (Lipinski definition) is 6. The quantitative estimate of drug-likeness (QED) is 0.114. The van der Waals surface area contributed by atoms with E-state index in [4.69, 9.17) is 23.7 Å².